The van der Waals surface area contributed by atoms with Gasteiger partial charge >= 0.3 is 0 Å². The van der Waals surface area contributed by atoms with Gasteiger partial charge in [-0.15, -0.1) is 11.3 Å². The molecule has 1 aliphatic carbocycles. The monoisotopic (exact) mass is 252 g/mol. The predicted octanol–water partition coefficient (Wildman–Crippen LogP) is 2.37. The van der Waals surface area contributed by atoms with Crippen molar-refractivity contribution in [1.82, 2.24) is 4.90 Å². The molecule has 17 heavy (non-hydrogen) atoms. The van der Waals surface area contributed by atoms with Crippen molar-refractivity contribution in [2.75, 3.05) is 0 Å². The molecule has 2 N–H and O–H groups in total. The summed E-state index contributed by atoms with van der Waals surface area (Å²) >= 11 is 1.71. The molecule has 1 saturated carbocycles. The van der Waals surface area contributed by atoms with Crippen LogP contribution in [-0.4, -0.2) is 22.9 Å². The Balaban J connectivity index is 1.94. The van der Waals surface area contributed by atoms with Crippen molar-refractivity contribution in [2.24, 2.45) is 5.73 Å². The van der Waals surface area contributed by atoms with E-state index in [4.69, 9.17) is 5.73 Å². The maximum atomic E-state index is 12.2. The molecule has 0 aliphatic heterocycles. The van der Waals surface area contributed by atoms with E-state index in [0.29, 0.717) is 12.5 Å². The lowest BCUT2D eigenvalue weighted by atomic mass is 10.1. The van der Waals surface area contributed by atoms with E-state index in [1.165, 1.54) is 4.88 Å². The van der Waals surface area contributed by atoms with Crippen LogP contribution in [0.2, 0.25) is 0 Å². The van der Waals surface area contributed by atoms with Gasteiger partial charge in [0.2, 0.25) is 5.91 Å². The van der Waals surface area contributed by atoms with Gasteiger partial charge in [0.25, 0.3) is 0 Å². The van der Waals surface area contributed by atoms with Crippen LogP contribution < -0.4 is 5.73 Å². The summed E-state index contributed by atoms with van der Waals surface area (Å²) in [5.41, 5.74) is 5.86. The van der Waals surface area contributed by atoms with Crippen LogP contribution >= 0.6 is 11.3 Å². The molecule has 0 radical (unpaired) electrons. The summed E-state index contributed by atoms with van der Waals surface area (Å²) in [6.45, 7) is 2.79. The van der Waals surface area contributed by atoms with Gasteiger partial charge in [-0.1, -0.05) is 13.0 Å². The number of hydrogen-bond acceptors (Lipinski definition) is 3. The molecule has 1 amide bonds. The highest BCUT2D eigenvalue weighted by Crippen LogP contribution is 2.29. The lowest BCUT2D eigenvalue weighted by Crippen LogP contribution is -2.36. The van der Waals surface area contributed by atoms with Gasteiger partial charge in [0, 0.05) is 23.4 Å². The normalized spacial score (nSPS) is 16.8. The molecule has 4 heteroatoms. The van der Waals surface area contributed by atoms with E-state index in [0.717, 1.165) is 25.8 Å². The van der Waals surface area contributed by atoms with Crippen LogP contribution in [-0.2, 0) is 11.3 Å². The third kappa shape index (κ3) is 3.54. The zero-order valence-corrected chi connectivity index (χ0v) is 11.1. The summed E-state index contributed by atoms with van der Waals surface area (Å²) in [6, 6.07) is 4.60. The number of nitrogens with zero attached hydrogens (tertiary/aromatic N) is 1. The molecule has 1 fully saturated rings. The highest BCUT2D eigenvalue weighted by Gasteiger charge is 2.32. The Morgan fingerprint density at radius 3 is 2.94 bits per heavy atom. The molecule has 1 heterocycles. The van der Waals surface area contributed by atoms with Crippen molar-refractivity contribution in [1.29, 1.82) is 0 Å². The van der Waals surface area contributed by atoms with Crippen LogP contribution in [0.4, 0.5) is 0 Å². The third-order valence-electron chi connectivity index (χ3n) is 3.18. The first kappa shape index (κ1) is 12.6. The molecule has 1 aliphatic rings. The van der Waals surface area contributed by atoms with E-state index in [2.05, 4.69) is 11.4 Å². The van der Waals surface area contributed by atoms with Gasteiger partial charge in [-0.05, 0) is 30.7 Å². The molecule has 0 saturated heterocycles. The van der Waals surface area contributed by atoms with Crippen LogP contribution in [0.15, 0.2) is 17.5 Å². The summed E-state index contributed by atoms with van der Waals surface area (Å²) in [7, 11) is 0. The van der Waals surface area contributed by atoms with E-state index in [1.807, 2.05) is 17.9 Å². The van der Waals surface area contributed by atoms with Gasteiger partial charge in [-0.3, -0.25) is 4.79 Å². The van der Waals surface area contributed by atoms with Crippen molar-refractivity contribution in [2.45, 2.75) is 51.2 Å². The Labute approximate surface area is 107 Å². The van der Waals surface area contributed by atoms with Crippen molar-refractivity contribution in [3.8, 4) is 0 Å². The van der Waals surface area contributed by atoms with Gasteiger partial charge in [0.1, 0.15) is 0 Å². The predicted molar refractivity (Wildman–Crippen MR) is 70.8 cm³/mol. The smallest absolute Gasteiger partial charge is 0.224 e. The molecule has 0 aromatic carbocycles. The van der Waals surface area contributed by atoms with E-state index in [-0.39, 0.29) is 11.9 Å². The second-order valence-corrected chi connectivity index (χ2v) is 5.74. The average Bonchev–Trinajstić information content (AvgIpc) is 3.03. The van der Waals surface area contributed by atoms with Crippen LogP contribution in [0.1, 0.15) is 37.5 Å². The maximum absolute atomic E-state index is 12.2. The van der Waals surface area contributed by atoms with Gasteiger partial charge in [0.05, 0.1) is 6.54 Å². The molecule has 3 nitrogen and oxygen atoms in total. The fourth-order valence-corrected chi connectivity index (χ4v) is 2.57. The lowest BCUT2D eigenvalue weighted by Gasteiger charge is -2.23. The largest absolute Gasteiger partial charge is 0.335 e. The van der Waals surface area contributed by atoms with Crippen LogP contribution in [0, 0.1) is 0 Å². The summed E-state index contributed by atoms with van der Waals surface area (Å²) < 4.78 is 0. The zero-order valence-electron chi connectivity index (χ0n) is 10.3. The van der Waals surface area contributed by atoms with Gasteiger partial charge < -0.3 is 10.6 Å². The minimum atomic E-state index is 0.00656. The van der Waals surface area contributed by atoms with Crippen molar-refractivity contribution >= 4 is 17.2 Å². The van der Waals surface area contributed by atoms with Gasteiger partial charge in [0.15, 0.2) is 0 Å². The minimum absolute atomic E-state index is 0.00656. The highest BCUT2D eigenvalue weighted by atomic mass is 32.1. The standard InChI is InChI=1S/C13H20N2OS/c1-2-10(14)8-13(16)15(11-5-6-11)9-12-4-3-7-17-12/h3-4,7,10-11H,2,5-6,8-9,14H2,1H3. The zero-order chi connectivity index (χ0) is 12.3. The first-order valence-electron chi connectivity index (χ1n) is 6.28. The van der Waals surface area contributed by atoms with E-state index in [9.17, 15) is 4.79 Å². The Morgan fingerprint density at radius 2 is 2.41 bits per heavy atom. The maximum Gasteiger partial charge on any atom is 0.224 e. The Morgan fingerprint density at radius 1 is 1.65 bits per heavy atom. The van der Waals surface area contributed by atoms with Crippen LogP contribution in [0.3, 0.4) is 0 Å². The molecule has 0 spiro atoms. The van der Waals surface area contributed by atoms with Gasteiger partial charge in [-0.25, -0.2) is 0 Å². The van der Waals surface area contributed by atoms with E-state index < -0.39 is 0 Å². The molecular formula is C13H20N2OS. The quantitative estimate of drug-likeness (QED) is 0.845. The molecule has 1 aromatic heterocycles. The minimum Gasteiger partial charge on any atom is -0.335 e. The number of carbonyl (C=O) groups is 1. The number of nitrogens with two attached hydrogens (primary N) is 1. The summed E-state index contributed by atoms with van der Waals surface area (Å²) in [4.78, 5) is 15.4. The Kier molecular flexibility index (Phi) is 4.18. The van der Waals surface area contributed by atoms with Crippen molar-refractivity contribution < 1.29 is 4.79 Å². The number of rotatable bonds is 6. The van der Waals surface area contributed by atoms with Crippen molar-refractivity contribution in [3.05, 3.63) is 22.4 Å². The number of hydrogen-bond donors (Lipinski definition) is 1. The fraction of sp³-hybridized carbons (Fsp3) is 0.615. The molecule has 0 bridgehead atoms. The van der Waals surface area contributed by atoms with E-state index >= 15 is 0 Å². The molecule has 94 valence electrons. The molecule has 1 unspecified atom stereocenters. The summed E-state index contributed by atoms with van der Waals surface area (Å²) in [5, 5.41) is 2.06. The molecule has 1 atom stereocenters. The Hall–Kier alpha value is -0.870. The second kappa shape index (κ2) is 5.65. The van der Waals surface area contributed by atoms with Crippen LogP contribution in [0.25, 0.3) is 0 Å². The van der Waals surface area contributed by atoms with Gasteiger partial charge in [-0.2, -0.15) is 0 Å². The summed E-state index contributed by atoms with van der Waals surface area (Å²) in [6.07, 6.45) is 3.65. The van der Waals surface area contributed by atoms with Crippen molar-refractivity contribution in [3.63, 3.8) is 0 Å². The molecule has 2 rings (SSSR count). The summed E-state index contributed by atoms with van der Waals surface area (Å²) in [5.74, 6) is 0.218. The highest BCUT2D eigenvalue weighted by molar-refractivity contribution is 7.09. The fourth-order valence-electron chi connectivity index (χ4n) is 1.86. The topological polar surface area (TPSA) is 46.3 Å². The first-order valence-corrected chi connectivity index (χ1v) is 7.16. The second-order valence-electron chi connectivity index (χ2n) is 4.70. The number of amides is 1. The molecule has 1 aromatic rings. The number of carbonyl (C=O) groups excluding carboxylic acids is 1. The SMILES string of the molecule is CCC(N)CC(=O)N(Cc1cccs1)C1CC1. The Bertz CT molecular complexity index is 360. The average molecular weight is 252 g/mol. The third-order valence-corrected chi connectivity index (χ3v) is 4.04. The van der Waals surface area contributed by atoms with Crippen LogP contribution in [0.5, 0.6) is 0 Å². The number of thiophene rings is 1. The molecular weight excluding hydrogens is 232 g/mol. The lowest BCUT2D eigenvalue weighted by molar-refractivity contribution is -0.132. The first-order chi connectivity index (χ1) is 8.20. The van der Waals surface area contributed by atoms with E-state index in [1.54, 1.807) is 11.3 Å².